The number of allylic oxidation sites excluding steroid dienone is 2. The van der Waals surface area contributed by atoms with E-state index in [4.69, 9.17) is 9.47 Å². The molecule has 14 heteroatoms. The van der Waals surface area contributed by atoms with Crippen molar-refractivity contribution in [2.24, 2.45) is 35.5 Å². The van der Waals surface area contributed by atoms with Crippen molar-refractivity contribution in [3.8, 4) is 0 Å². The Morgan fingerprint density at radius 3 is 1.35 bits per heavy atom. The van der Waals surface area contributed by atoms with E-state index in [1.54, 1.807) is 0 Å². The lowest BCUT2D eigenvalue weighted by atomic mass is 9.88. The normalized spacial score (nSPS) is 31.3. The van der Waals surface area contributed by atoms with Gasteiger partial charge >= 0.3 is 0 Å². The van der Waals surface area contributed by atoms with Crippen molar-refractivity contribution in [2.75, 3.05) is 78.9 Å². The van der Waals surface area contributed by atoms with E-state index < -0.39 is 0 Å². The lowest BCUT2D eigenvalue weighted by Crippen LogP contribution is -2.53. The van der Waals surface area contributed by atoms with Crippen LogP contribution in [0.25, 0.3) is 12.2 Å². The highest BCUT2D eigenvalue weighted by molar-refractivity contribution is 5.84. The molecule has 2 N–H and O–H groups in total. The molecule has 60 heavy (non-hydrogen) atoms. The second kappa shape index (κ2) is 17.5. The fourth-order valence-electron chi connectivity index (χ4n) is 11.4. The fraction of sp³-hybridized carbons (Fsp3) is 0.652. The van der Waals surface area contributed by atoms with E-state index >= 15 is 0 Å². The zero-order chi connectivity index (χ0) is 41.7. The number of morpholine rings is 2. The average Bonchev–Trinajstić information content (AvgIpc) is 4.15. The molecule has 0 spiro atoms. The Labute approximate surface area is 352 Å². The maximum absolute atomic E-state index is 13.6. The molecule has 8 atom stereocenters. The first-order valence-electron chi connectivity index (χ1n) is 22.5. The Bertz CT molecular complexity index is 1950. The predicted octanol–water partition coefficient (Wildman–Crippen LogP) is 2.23. The second-order valence-corrected chi connectivity index (χ2v) is 18.2. The molecule has 8 aliphatic rings. The van der Waals surface area contributed by atoms with Gasteiger partial charge in [0.15, 0.2) is 0 Å². The number of pyridine rings is 2. The van der Waals surface area contributed by atoms with Gasteiger partial charge in [-0.2, -0.15) is 0 Å². The lowest BCUT2D eigenvalue weighted by molar-refractivity contribution is -0.143. The SMILES string of the molecule is C/C=C/c1ccc2n(c1=O)C[C@H]1[C@H](CO)[C@@H](C(=O)N3CCOCC3)N(CC3CC3)[C@@H]21.C/C=C\c1ccc2n(c1=O)C[C@H]1[C@H](CO)[C@@H](C(=O)N3CCOCC3)N(CC3CC3)[C@@H]21. The summed E-state index contributed by atoms with van der Waals surface area (Å²) in [6, 6.07) is 7.31. The first-order chi connectivity index (χ1) is 29.3. The highest BCUT2D eigenvalue weighted by atomic mass is 16.5. The molecule has 0 radical (unpaired) electrons. The first-order valence-corrected chi connectivity index (χ1v) is 22.5. The van der Waals surface area contributed by atoms with Gasteiger partial charge < -0.3 is 38.6 Å². The molecule has 8 heterocycles. The number of carbonyl (C=O) groups is 2. The second-order valence-electron chi connectivity index (χ2n) is 18.2. The number of hydrogen-bond acceptors (Lipinski definition) is 10. The van der Waals surface area contributed by atoms with Crippen molar-refractivity contribution in [3.05, 3.63) is 79.6 Å². The summed E-state index contributed by atoms with van der Waals surface area (Å²) in [5.74, 6) is 1.31. The highest BCUT2D eigenvalue weighted by Gasteiger charge is 2.58. The van der Waals surface area contributed by atoms with Crippen molar-refractivity contribution < 1.29 is 29.3 Å². The monoisotopic (exact) mass is 826 g/mol. The van der Waals surface area contributed by atoms with Crippen molar-refractivity contribution in [3.63, 3.8) is 0 Å². The number of aromatic nitrogens is 2. The summed E-state index contributed by atoms with van der Waals surface area (Å²) in [6.07, 6.45) is 12.2. The van der Waals surface area contributed by atoms with Gasteiger partial charge in [0, 0.05) is 112 Å². The third-order valence-corrected chi connectivity index (χ3v) is 14.6. The van der Waals surface area contributed by atoms with Gasteiger partial charge in [-0.3, -0.25) is 29.0 Å². The summed E-state index contributed by atoms with van der Waals surface area (Å²) >= 11 is 0. The molecule has 2 aromatic heterocycles. The fourth-order valence-corrected chi connectivity index (χ4v) is 11.4. The molecule has 10 rings (SSSR count). The standard InChI is InChI=1S/2C23H31N3O4/c2*1-2-3-16-6-7-19-20-17(13-25(19)22(16)28)18(14-27)21(26(20)12-15-4-5-15)23(29)24-8-10-30-11-9-24/h2*2-3,6-7,15,17-18,20-21,27H,4-5,8-14H2,1H3/b3-2+;3-2-/t2*17-,18-,20+,21-/m00/s1. The molecule has 6 fully saturated rings. The number of likely N-dealkylation sites (tertiary alicyclic amines) is 2. The molecule has 0 aromatic carbocycles. The number of aliphatic hydroxyl groups excluding tert-OH is 2. The largest absolute Gasteiger partial charge is 0.396 e. The summed E-state index contributed by atoms with van der Waals surface area (Å²) in [5.41, 5.74) is 3.43. The lowest BCUT2D eigenvalue weighted by Gasteiger charge is -2.36. The minimum atomic E-state index is -0.317. The van der Waals surface area contributed by atoms with E-state index in [9.17, 15) is 29.4 Å². The Kier molecular flexibility index (Phi) is 12.1. The van der Waals surface area contributed by atoms with Gasteiger partial charge in [-0.25, -0.2) is 0 Å². The molecular weight excluding hydrogens is 765 g/mol. The zero-order valence-electron chi connectivity index (χ0n) is 35.1. The van der Waals surface area contributed by atoms with Crippen LogP contribution in [0, 0.1) is 35.5 Å². The predicted molar refractivity (Wildman–Crippen MR) is 226 cm³/mol. The smallest absolute Gasteiger partial charge is 0.258 e. The van der Waals surface area contributed by atoms with E-state index in [1.165, 1.54) is 25.7 Å². The Hall–Kier alpha value is -3.92. The molecule has 2 aliphatic carbocycles. The molecule has 324 valence electrons. The minimum absolute atomic E-state index is 0.0186. The summed E-state index contributed by atoms with van der Waals surface area (Å²) in [7, 11) is 0. The van der Waals surface area contributed by atoms with Crippen molar-refractivity contribution >= 4 is 24.0 Å². The summed E-state index contributed by atoms with van der Waals surface area (Å²) in [6.45, 7) is 11.4. The number of hydrogen-bond donors (Lipinski definition) is 2. The van der Waals surface area contributed by atoms with E-state index in [1.807, 2.05) is 69.2 Å². The van der Waals surface area contributed by atoms with Crippen LogP contribution in [-0.4, -0.2) is 142 Å². The van der Waals surface area contributed by atoms with Crippen molar-refractivity contribution in [1.29, 1.82) is 0 Å². The molecule has 6 aliphatic heterocycles. The van der Waals surface area contributed by atoms with Crippen LogP contribution in [0.4, 0.5) is 0 Å². The van der Waals surface area contributed by atoms with E-state index in [0.29, 0.717) is 88.7 Å². The van der Waals surface area contributed by atoms with Crippen LogP contribution in [-0.2, 0) is 32.2 Å². The van der Waals surface area contributed by atoms with Gasteiger partial charge in [0.1, 0.15) is 0 Å². The average molecular weight is 827 g/mol. The summed E-state index contributed by atoms with van der Waals surface area (Å²) in [5, 5.41) is 20.7. The van der Waals surface area contributed by atoms with Gasteiger partial charge in [0.05, 0.1) is 50.6 Å². The number of nitrogens with zero attached hydrogens (tertiary/aromatic N) is 6. The van der Waals surface area contributed by atoms with Gasteiger partial charge in [0.25, 0.3) is 11.1 Å². The topological polar surface area (TPSA) is 150 Å². The quantitative estimate of drug-likeness (QED) is 0.366. The van der Waals surface area contributed by atoms with Gasteiger partial charge in [-0.05, 0) is 75.6 Å². The van der Waals surface area contributed by atoms with Gasteiger partial charge in [-0.15, -0.1) is 0 Å². The molecule has 2 amide bonds. The van der Waals surface area contributed by atoms with Crippen molar-refractivity contribution in [2.45, 2.75) is 76.8 Å². The molecular formula is C46H62N6O8. The molecule has 2 aromatic rings. The number of aliphatic hydroxyl groups is 2. The number of rotatable bonds is 10. The Balaban J connectivity index is 0.000000154. The first kappa shape index (κ1) is 41.4. The van der Waals surface area contributed by atoms with Crippen LogP contribution in [0.5, 0.6) is 0 Å². The van der Waals surface area contributed by atoms with Crippen molar-refractivity contribution in [1.82, 2.24) is 28.7 Å². The molecule has 14 nitrogen and oxygen atoms in total. The molecule has 0 bridgehead atoms. The van der Waals surface area contributed by atoms with E-state index in [-0.39, 0.29) is 84.0 Å². The third-order valence-electron chi connectivity index (χ3n) is 14.6. The molecule has 2 saturated carbocycles. The summed E-state index contributed by atoms with van der Waals surface area (Å²) in [4.78, 5) is 61.6. The highest BCUT2D eigenvalue weighted by Crippen LogP contribution is 2.52. The van der Waals surface area contributed by atoms with Gasteiger partial charge in [-0.1, -0.05) is 24.3 Å². The molecule has 0 unspecified atom stereocenters. The maximum atomic E-state index is 13.6. The Morgan fingerprint density at radius 2 is 1.02 bits per heavy atom. The van der Waals surface area contributed by atoms with Crippen LogP contribution >= 0.6 is 0 Å². The van der Waals surface area contributed by atoms with Crippen LogP contribution in [0.2, 0.25) is 0 Å². The third kappa shape index (κ3) is 7.55. The van der Waals surface area contributed by atoms with Crippen LogP contribution < -0.4 is 11.1 Å². The van der Waals surface area contributed by atoms with Crippen LogP contribution in [0.1, 0.15) is 74.1 Å². The van der Waals surface area contributed by atoms with Crippen LogP contribution in [0.3, 0.4) is 0 Å². The van der Waals surface area contributed by atoms with E-state index in [0.717, 1.165) is 24.5 Å². The zero-order valence-corrected chi connectivity index (χ0v) is 35.1. The molecule has 4 saturated heterocycles. The maximum Gasteiger partial charge on any atom is 0.258 e. The Morgan fingerprint density at radius 1 is 0.633 bits per heavy atom. The number of ether oxygens (including phenoxy) is 2. The number of fused-ring (bicyclic) bond motifs is 6. The summed E-state index contributed by atoms with van der Waals surface area (Å²) < 4.78 is 14.6. The minimum Gasteiger partial charge on any atom is -0.396 e. The van der Waals surface area contributed by atoms with Crippen LogP contribution in [0.15, 0.2) is 46.0 Å². The number of amides is 2. The van der Waals surface area contributed by atoms with E-state index in [2.05, 4.69) is 21.9 Å². The van der Waals surface area contributed by atoms with Gasteiger partial charge in [0.2, 0.25) is 11.8 Å². The number of carbonyl (C=O) groups excluding carboxylic acids is 2.